The molecule has 0 radical (unpaired) electrons. The molecule has 4 aromatic heterocycles. The fourth-order valence-corrected chi connectivity index (χ4v) is 8.43. The Balaban J connectivity index is 1.22. The van der Waals surface area contributed by atoms with E-state index < -0.39 is 0 Å². The molecule has 0 aliphatic carbocycles. The molecule has 12 aromatic rings. The Kier molecular flexibility index (Phi) is 6.24. The highest BCUT2D eigenvalue weighted by atomic mass is 16.4. The topological polar surface area (TPSA) is 60.5 Å². The van der Waals surface area contributed by atoms with Gasteiger partial charge >= 0.3 is 0 Å². The van der Waals surface area contributed by atoms with E-state index in [1.807, 2.05) is 60.7 Å². The average molecular weight is 708 g/mol. The summed E-state index contributed by atoms with van der Waals surface area (Å²) >= 11 is 0. The maximum atomic E-state index is 6.88. The van der Waals surface area contributed by atoms with Gasteiger partial charge in [-0.15, -0.1) is 0 Å². The van der Waals surface area contributed by atoms with Crippen LogP contribution in [-0.2, 0) is 0 Å². The van der Waals surface area contributed by atoms with Crippen molar-refractivity contribution in [1.82, 2.24) is 9.55 Å². The van der Waals surface area contributed by atoms with Gasteiger partial charge in [0.25, 0.3) is 0 Å². The average Bonchev–Trinajstić information content (AvgIpc) is 4.02. The molecule has 8 aromatic carbocycles. The van der Waals surface area contributed by atoms with Crippen molar-refractivity contribution in [2.45, 2.75) is 0 Å². The molecule has 0 fully saturated rings. The molecule has 55 heavy (non-hydrogen) atoms. The lowest BCUT2D eigenvalue weighted by Gasteiger charge is -2.26. The number of para-hydroxylation sites is 4. The number of nitrogens with zero attached hydrogens (tertiary/aromatic N) is 3. The molecule has 0 saturated carbocycles. The van der Waals surface area contributed by atoms with Crippen molar-refractivity contribution in [3.8, 4) is 17.1 Å². The molecule has 4 heterocycles. The summed E-state index contributed by atoms with van der Waals surface area (Å²) in [5.41, 5.74) is 11.5. The molecule has 0 amide bonds. The first-order valence-electron chi connectivity index (χ1n) is 18.4. The minimum Gasteiger partial charge on any atom is -0.456 e. The van der Waals surface area contributed by atoms with E-state index in [9.17, 15) is 0 Å². The van der Waals surface area contributed by atoms with Gasteiger partial charge in [-0.2, -0.15) is 0 Å². The van der Waals surface area contributed by atoms with Crippen LogP contribution in [0.15, 0.2) is 189 Å². The molecule has 0 aliphatic heterocycles. The Morgan fingerprint density at radius 1 is 0.436 bits per heavy atom. The summed E-state index contributed by atoms with van der Waals surface area (Å²) in [6.45, 7) is 0. The van der Waals surface area contributed by atoms with Crippen molar-refractivity contribution in [2.24, 2.45) is 0 Å². The lowest BCUT2D eigenvalue weighted by molar-refractivity contribution is 0.622. The Morgan fingerprint density at radius 2 is 1.11 bits per heavy atom. The highest BCUT2D eigenvalue weighted by molar-refractivity contribution is 6.23. The van der Waals surface area contributed by atoms with Crippen molar-refractivity contribution < 1.29 is 13.3 Å². The second-order valence-corrected chi connectivity index (χ2v) is 13.9. The standard InChI is InChI=1S/C49H29N3O3/c1-3-14-30(15-4-1)49-50-37-29-41(48-46(47(37)55-49)36-20-9-12-25-43(36)54-48)52(32-26-27-34-33-18-8-11-24-42(33)53-44(34)28-32)40-23-13-22-39-45(40)35-19-7-10-21-38(35)51(39)31-16-5-2-6-17-31/h1-29H. The van der Waals surface area contributed by atoms with Gasteiger partial charge in [0, 0.05) is 44.2 Å². The van der Waals surface area contributed by atoms with Crippen LogP contribution in [0, 0.1) is 0 Å². The molecular weight excluding hydrogens is 679 g/mol. The number of rotatable bonds is 5. The van der Waals surface area contributed by atoms with Gasteiger partial charge in [-0.1, -0.05) is 97.1 Å². The first-order valence-corrected chi connectivity index (χ1v) is 18.4. The van der Waals surface area contributed by atoms with Crippen LogP contribution in [0.4, 0.5) is 17.1 Å². The smallest absolute Gasteiger partial charge is 0.227 e. The monoisotopic (exact) mass is 707 g/mol. The highest BCUT2D eigenvalue weighted by Gasteiger charge is 2.28. The Hall–Kier alpha value is -7.57. The molecule has 0 aliphatic rings. The molecule has 0 saturated heterocycles. The van der Waals surface area contributed by atoms with Crippen molar-refractivity contribution >= 4 is 93.8 Å². The predicted octanol–water partition coefficient (Wildman–Crippen LogP) is 13.9. The fraction of sp³-hybridized carbons (Fsp3) is 0. The molecule has 12 rings (SSSR count). The highest BCUT2D eigenvalue weighted by Crippen LogP contribution is 2.50. The normalized spacial score (nSPS) is 12.0. The largest absolute Gasteiger partial charge is 0.456 e. The molecule has 6 heteroatoms. The SMILES string of the molecule is c1ccc(-c2nc3cc(N(c4ccc5c(c4)oc4ccccc45)c4cccc5c4c4ccccc4n5-c4ccccc4)c4oc5ccccc5c4c3o2)cc1. The van der Waals surface area contributed by atoms with Gasteiger partial charge in [-0.3, -0.25) is 0 Å². The second kappa shape index (κ2) is 11.5. The minimum absolute atomic E-state index is 0.558. The van der Waals surface area contributed by atoms with Gasteiger partial charge in [0.15, 0.2) is 11.2 Å². The minimum atomic E-state index is 0.558. The number of benzene rings is 8. The van der Waals surface area contributed by atoms with Crippen LogP contribution in [0.3, 0.4) is 0 Å². The van der Waals surface area contributed by atoms with Crippen LogP contribution < -0.4 is 4.90 Å². The Labute approximate surface area is 313 Å². The van der Waals surface area contributed by atoms with Crippen molar-refractivity contribution in [3.05, 3.63) is 176 Å². The third kappa shape index (κ3) is 4.39. The molecule has 0 bridgehead atoms. The van der Waals surface area contributed by atoms with Gasteiger partial charge in [0.1, 0.15) is 22.3 Å². The van der Waals surface area contributed by atoms with E-state index >= 15 is 0 Å². The van der Waals surface area contributed by atoms with Crippen LogP contribution in [0.25, 0.3) is 93.9 Å². The number of furan rings is 2. The van der Waals surface area contributed by atoms with E-state index in [2.05, 4.69) is 125 Å². The van der Waals surface area contributed by atoms with E-state index in [-0.39, 0.29) is 0 Å². The predicted molar refractivity (Wildman–Crippen MR) is 223 cm³/mol. The Bertz CT molecular complexity index is 3440. The fourth-order valence-electron chi connectivity index (χ4n) is 8.43. The van der Waals surface area contributed by atoms with E-state index in [1.165, 1.54) is 0 Å². The summed E-state index contributed by atoms with van der Waals surface area (Å²) in [4.78, 5) is 7.43. The van der Waals surface area contributed by atoms with Crippen LogP contribution in [0.1, 0.15) is 0 Å². The van der Waals surface area contributed by atoms with Gasteiger partial charge in [0.2, 0.25) is 5.89 Å². The zero-order chi connectivity index (χ0) is 36.0. The van der Waals surface area contributed by atoms with Crippen LogP contribution in [0.2, 0.25) is 0 Å². The third-order valence-corrected chi connectivity index (χ3v) is 10.8. The van der Waals surface area contributed by atoms with Gasteiger partial charge in [0.05, 0.1) is 33.5 Å². The number of oxazole rings is 1. The zero-order valence-electron chi connectivity index (χ0n) is 29.3. The number of anilines is 3. The van der Waals surface area contributed by atoms with Gasteiger partial charge in [-0.25, -0.2) is 4.98 Å². The maximum absolute atomic E-state index is 6.88. The lowest BCUT2D eigenvalue weighted by Crippen LogP contribution is -2.11. The summed E-state index contributed by atoms with van der Waals surface area (Å²) in [5, 5.41) is 6.24. The Morgan fingerprint density at radius 3 is 1.95 bits per heavy atom. The molecule has 0 N–H and O–H groups in total. The summed E-state index contributed by atoms with van der Waals surface area (Å²) in [6.07, 6.45) is 0. The van der Waals surface area contributed by atoms with Gasteiger partial charge < -0.3 is 22.7 Å². The van der Waals surface area contributed by atoms with Crippen LogP contribution in [-0.4, -0.2) is 9.55 Å². The summed E-state index contributed by atoms with van der Waals surface area (Å²) in [6, 6.07) is 60.7. The number of fused-ring (bicyclic) bond motifs is 11. The van der Waals surface area contributed by atoms with Crippen molar-refractivity contribution in [1.29, 1.82) is 0 Å². The van der Waals surface area contributed by atoms with Crippen molar-refractivity contribution in [2.75, 3.05) is 4.90 Å². The number of aromatic nitrogens is 2. The molecule has 258 valence electrons. The lowest BCUT2D eigenvalue weighted by atomic mass is 10.1. The molecule has 0 atom stereocenters. The van der Waals surface area contributed by atoms with Crippen LogP contribution >= 0.6 is 0 Å². The summed E-state index contributed by atoms with van der Waals surface area (Å²) in [5.74, 6) is 0.558. The van der Waals surface area contributed by atoms with Crippen molar-refractivity contribution in [3.63, 3.8) is 0 Å². The van der Waals surface area contributed by atoms with E-state index in [4.69, 9.17) is 18.2 Å². The molecule has 0 unspecified atom stereocenters. The first-order chi connectivity index (χ1) is 27.3. The van der Waals surface area contributed by atoms with Crippen LogP contribution in [0.5, 0.6) is 0 Å². The zero-order valence-corrected chi connectivity index (χ0v) is 29.3. The summed E-state index contributed by atoms with van der Waals surface area (Å²) < 4.78 is 22.4. The number of hydrogen-bond donors (Lipinski definition) is 0. The third-order valence-electron chi connectivity index (χ3n) is 10.8. The second-order valence-electron chi connectivity index (χ2n) is 13.9. The maximum Gasteiger partial charge on any atom is 0.227 e. The van der Waals surface area contributed by atoms with Gasteiger partial charge in [-0.05, 0) is 72.8 Å². The van der Waals surface area contributed by atoms with E-state index in [0.717, 1.165) is 93.9 Å². The summed E-state index contributed by atoms with van der Waals surface area (Å²) in [7, 11) is 0. The quantitative estimate of drug-likeness (QED) is 0.178. The molecule has 0 spiro atoms. The first kappa shape index (κ1) is 29.9. The molecule has 6 nitrogen and oxygen atoms in total. The van der Waals surface area contributed by atoms with E-state index in [0.29, 0.717) is 17.1 Å². The number of hydrogen-bond acceptors (Lipinski definition) is 5. The van der Waals surface area contributed by atoms with E-state index in [1.54, 1.807) is 0 Å². The molecular formula is C49H29N3O3.